The zero-order chi connectivity index (χ0) is 18.3. The fraction of sp³-hybridized carbons (Fsp3) is 0.650. The monoisotopic (exact) mass is 348 g/mol. The third-order valence-electron chi connectivity index (χ3n) is 4.55. The van der Waals surface area contributed by atoms with Crippen LogP contribution in [-0.2, 0) is 4.74 Å². The first kappa shape index (κ1) is 19.7. The molecule has 2 rings (SSSR count). The van der Waals surface area contributed by atoms with E-state index in [9.17, 15) is 9.90 Å². The average molecular weight is 348 g/mol. The second-order valence-corrected chi connectivity index (χ2v) is 7.88. The molecule has 3 N–H and O–H groups in total. The Labute approximate surface area is 151 Å². The van der Waals surface area contributed by atoms with Gasteiger partial charge in [-0.05, 0) is 57.9 Å². The van der Waals surface area contributed by atoms with Gasteiger partial charge in [-0.1, -0.05) is 30.3 Å². The van der Waals surface area contributed by atoms with Gasteiger partial charge < -0.3 is 20.5 Å². The number of rotatable bonds is 7. The van der Waals surface area contributed by atoms with Gasteiger partial charge in [-0.25, -0.2) is 4.79 Å². The first-order chi connectivity index (χ1) is 11.9. The highest BCUT2D eigenvalue weighted by Gasteiger charge is 2.28. The van der Waals surface area contributed by atoms with E-state index in [1.165, 1.54) is 5.56 Å². The summed E-state index contributed by atoms with van der Waals surface area (Å²) in [5, 5.41) is 15.9. The van der Waals surface area contributed by atoms with Crippen molar-refractivity contribution in [2.24, 2.45) is 0 Å². The number of aliphatic hydroxyl groups excluding tert-OH is 1. The van der Waals surface area contributed by atoms with Crippen LogP contribution in [0.1, 0.15) is 57.9 Å². The number of alkyl carbamates (subject to hydrolysis) is 1. The molecule has 3 unspecified atom stereocenters. The molecule has 0 bridgehead atoms. The summed E-state index contributed by atoms with van der Waals surface area (Å²) < 4.78 is 5.32. The van der Waals surface area contributed by atoms with Gasteiger partial charge in [0, 0.05) is 25.2 Å². The van der Waals surface area contributed by atoms with Crippen molar-refractivity contribution in [3.05, 3.63) is 35.9 Å². The van der Waals surface area contributed by atoms with Crippen LogP contribution in [0.2, 0.25) is 0 Å². The molecule has 1 aromatic rings. The molecule has 0 saturated heterocycles. The molecule has 3 atom stereocenters. The molecule has 1 aliphatic carbocycles. The number of amides is 1. The number of hydrogen-bond acceptors (Lipinski definition) is 4. The van der Waals surface area contributed by atoms with Crippen LogP contribution in [-0.4, -0.2) is 42.0 Å². The van der Waals surface area contributed by atoms with Crippen LogP contribution in [0, 0.1) is 0 Å². The Morgan fingerprint density at radius 1 is 1.24 bits per heavy atom. The zero-order valence-electron chi connectivity index (χ0n) is 15.6. The highest BCUT2D eigenvalue weighted by molar-refractivity contribution is 5.68. The maximum absolute atomic E-state index is 11.9. The first-order valence-corrected chi connectivity index (χ1v) is 9.26. The van der Waals surface area contributed by atoms with E-state index in [-0.39, 0.29) is 18.7 Å². The number of hydrogen-bond donors (Lipinski definition) is 3. The van der Waals surface area contributed by atoms with E-state index in [0.717, 1.165) is 32.2 Å². The van der Waals surface area contributed by atoms with E-state index in [1.807, 2.05) is 39.0 Å². The van der Waals surface area contributed by atoms with Gasteiger partial charge in [-0.2, -0.15) is 0 Å². The number of nitrogens with one attached hydrogen (secondary N) is 2. The molecule has 5 nitrogen and oxygen atoms in total. The molecule has 0 spiro atoms. The van der Waals surface area contributed by atoms with Crippen LogP contribution in [0.25, 0.3) is 0 Å². The van der Waals surface area contributed by atoms with Crippen molar-refractivity contribution in [3.8, 4) is 0 Å². The first-order valence-electron chi connectivity index (χ1n) is 9.26. The summed E-state index contributed by atoms with van der Waals surface area (Å²) in [6.07, 6.45) is 3.35. The van der Waals surface area contributed by atoms with E-state index in [4.69, 9.17) is 4.74 Å². The number of ether oxygens (including phenoxy) is 1. The van der Waals surface area contributed by atoms with Gasteiger partial charge in [0.1, 0.15) is 5.60 Å². The number of aliphatic hydroxyl groups is 1. The zero-order valence-corrected chi connectivity index (χ0v) is 15.6. The lowest BCUT2D eigenvalue weighted by Crippen LogP contribution is -2.39. The minimum absolute atomic E-state index is 0.167. The standard InChI is InChI=1S/C20H32N2O3/c1-20(2,3)25-19(24)22-18-10-9-17(13-18)21-14-16(11-12-23)15-7-5-4-6-8-15/h4-8,16-18,21,23H,9-14H2,1-3H3,(H,22,24). The summed E-state index contributed by atoms with van der Waals surface area (Å²) in [7, 11) is 0. The number of carbonyl (C=O) groups excluding carboxylic acids is 1. The number of carbonyl (C=O) groups is 1. The average Bonchev–Trinajstić information content (AvgIpc) is 2.97. The predicted molar refractivity (Wildman–Crippen MR) is 99.7 cm³/mol. The lowest BCUT2D eigenvalue weighted by atomic mass is 9.95. The molecule has 25 heavy (non-hydrogen) atoms. The molecule has 1 saturated carbocycles. The van der Waals surface area contributed by atoms with Crippen molar-refractivity contribution in [2.75, 3.05) is 13.2 Å². The van der Waals surface area contributed by atoms with Crippen molar-refractivity contribution in [3.63, 3.8) is 0 Å². The van der Waals surface area contributed by atoms with Crippen molar-refractivity contribution in [1.82, 2.24) is 10.6 Å². The SMILES string of the molecule is CC(C)(C)OC(=O)NC1CCC(NCC(CCO)c2ccccc2)C1. The summed E-state index contributed by atoms with van der Waals surface area (Å²) >= 11 is 0. The molecule has 0 radical (unpaired) electrons. The van der Waals surface area contributed by atoms with Crippen molar-refractivity contribution in [1.29, 1.82) is 0 Å². The van der Waals surface area contributed by atoms with Crippen LogP contribution >= 0.6 is 0 Å². The van der Waals surface area contributed by atoms with Crippen LogP contribution in [0.15, 0.2) is 30.3 Å². The Morgan fingerprint density at radius 3 is 2.56 bits per heavy atom. The third kappa shape index (κ3) is 7.04. The summed E-state index contributed by atoms with van der Waals surface area (Å²) in [6.45, 7) is 6.65. The van der Waals surface area contributed by atoms with Crippen molar-refractivity contribution >= 4 is 6.09 Å². The maximum atomic E-state index is 11.9. The van der Waals surface area contributed by atoms with Gasteiger partial charge in [-0.3, -0.25) is 0 Å². The topological polar surface area (TPSA) is 70.6 Å². The fourth-order valence-corrected chi connectivity index (χ4v) is 3.35. The van der Waals surface area contributed by atoms with Crippen LogP contribution < -0.4 is 10.6 Å². The predicted octanol–water partition coefficient (Wildman–Crippen LogP) is 3.19. The smallest absolute Gasteiger partial charge is 0.407 e. The number of benzene rings is 1. The second kappa shape index (κ2) is 9.20. The van der Waals surface area contributed by atoms with Gasteiger partial charge in [0.25, 0.3) is 0 Å². The van der Waals surface area contributed by atoms with Gasteiger partial charge in [0.15, 0.2) is 0 Å². The molecular weight excluding hydrogens is 316 g/mol. The minimum Gasteiger partial charge on any atom is -0.444 e. The quantitative estimate of drug-likeness (QED) is 0.708. The fourth-order valence-electron chi connectivity index (χ4n) is 3.35. The van der Waals surface area contributed by atoms with Crippen molar-refractivity contribution < 1.29 is 14.6 Å². The van der Waals surface area contributed by atoms with Gasteiger partial charge in [0.05, 0.1) is 0 Å². The van der Waals surface area contributed by atoms with E-state index in [1.54, 1.807) is 0 Å². The Balaban J connectivity index is 1.77. The minimum atomic E-state index is -0.465. The second-order valence-electron chi connectivity index (χ2n) is 7.88. The highest BCUT2D eigenvalue weighted by atomic mass is 16.6. The van der Waals surface area contributed by atoms with Crippen LogP contribution in [0.4, 0.5) is 4.79 Å². The summed E-state index contributed by atoms with van der Waals surface area (Å²) in [5.41, 5.74) is 0.790. The Morgan fingerprint density at radius 2 is 1.92 bits per heavy atom. The summed E-state index contributed by atoms with van der Waals surface area (Å²) in [5.74, 6) is 0.309. The van der Waals surface area contributed by atoms with Gasteiger partial charge >= 0.3 is 6.09 Å². The normalized spacial score (nSPS) is 21.8. The molecule has 0 aromatic heterocycles. The largest absolute Gasteiger partial charge is 0.444 e. The highest BCUT2D eigenvalue weighted by Crippen LogP contribution is 2.23. The molecular formula is C20H32N2O3. The molecule has 0 aliphatic heterocycles. The molecule has 0 heterocycles. The van der Waals surface area contributed by atoms with E-state index < -0.39 is 5.60 Å². The summed E-state index contributed by atoms with van der Waals surface area (Å²) in [6, 6.07) is 10.9. The van der Waals surface area contributed by atoms with Crippen LogP contribution in [0.5, 0.6) is 0 Å². The maximum Gasteiger partial charge on any atom is 0.407 e. The molecule has 1 fully saturated rings. The van der Waals surface area contributed by atoms with Gasteiger partial charge in [-0.15, -0.1) is 0 Å². The van der Waals surface area contributed by atoms with Crippen molar-refractivity contribution in [2.45, 2.75) is 70.1 Å². The Bertz CT molecular complexity index is 527. The molecule has 140 valence electrons. The lowest BCUT2D eigenvalue weighted by Gasteiger charge is -2.22. The van der Waals surface area contributed by atoms with E-state index >= 15 is 0 Å². The van der Waals surface area contributed by atoms with Gasteiger partial charge in [0.2, 0.25) is 0 Å². The molecule has 1 aliphatic rings. The van der Waals surface area contributed by atoms with E-state index in [2.05, 4.69) is 22.8 Å². The lowest BCUT2D eigenvalue weighted by molar-refractivity contribution is 0.0505. The van der Waals surface area contributed by atoms with Crippen LogP contribution in [0.3, 0.4) is 0 Å². The Kier molecular flexibility index (Phi) is 7.26. The third-order valence-corrected chi connectivity index (χ3v) is 4.55. The molecule has 1 aromatic carbocycles. The summed E-state index contributed by atoms with van der Waals surface area (Å²) in [4.78, 5) is 11.9. The van der Waals surface area contributed by atoms with E-state index in [0.29, 0.717) is 12.0 Å². The molecule has 1 amide bonds. The Hall–Kier alpha value is -1.59. The molecule has 5 heteroatoms.